The Hall–Kier alpha value is -1.18. The fourth-order valence-electron chi connectivity index (χ4n) is 9.72. The monoisotopic (exact) mass is 847 g/mol. The SMILES string of the molecule is CCCCCCCCC(CCCCCC)CC(=O)NCCCCCN(CCCCCNC(=O)CC(CCCCCC)CCCCCCCC)CCN(CCO)C1CCCC1. The molecule has 0 saturated heterocycles. The molecule has 60 heavy (non-hydrogen) atoms. The first kappa shape index (κ1) is 56.8. The number of amides is 2. The van der Waals surface area contributed by atoms with Gasteiger partial charge in [0, 0.05) is 51.6 Å². The van der Waals surface area contributed by atoms with Gasteiger partial charge in [0.25, 0.3) is 0 Å². The van der Waals surface area contributed by atoms with Gasteiger partial charge in [-0.25, -0.2) is 0 Å². The first-order chi connectivity index (χ1) is 29.5. The summed E-state index contributed by atoms with van der Waals surface area (Å²) in [5.41, 5.74) is 0. The lowest BCUT2D eigenvalue weighted by atomic mass is 9.91. The van der Waals surface area contributed by atoms with E-state index in [0.29, 0.717) is 30.7 Å². The molecule has 0 aromatic rings. The van der Waals surface area contributed by atoms with Crippen LogP contribution in [-0.2, 0) is 9.59 Å². The van der Waals surface area contributed by atoms with Crippen molar-refractivity contribution in [2.75, 3.05) is 52.4 Å². The van der Waals surface area contributed by atoms with Crippen LogP contribution in [0.25, 0.3) is 0 Å². The second-order valence-corrected chi connectivity index (χ2v) is 19.3. The molecule has 1 aliphatic rings. The topological polar surface area (TPSA) is 84.9 Å². The lowest BCUT2D eigenvalue weighted by Gasteiger charge is -2.31. The van der Waals surface area contributed by atoms with Crippen LogP contribution >= 0.6 is 0 Å². The first-order valence-corrected chi connectivity index (χ1v) is 27.1. The maximum absolute atomic E-state index is 13.0. The average Bonchev–Trinajstić information content (AvgIpc) is 3.79. The van der Waals surface area contributed by atoms with Crippen LogP contribution in [0.2, 0.25) is 0 Å². The van der Waals surface area contributed by atoms with E-state index < -0.39 is 0 Å². The van der Waals surface area contributed by atoms with Gasteiger partial charge in [-0.3, -0.25) is 14.5 Å². The van der Waals surface area contributed by atoms with Crippen LogP contribution in [0.5, 0.6) is 0 Å². The third-order valence-electron chi connectivity index (χ3n) is 13.7. The fraction of sp³-hybridized carbons (Fsp3) is 0.962. The molecule has 1 saturated carbocycles. The molecule has 7 nitrogen and oxygen atoms in total. The Morgan fingerprint density at radius 3 is 1.23 bits per heavy atom. The smallest absolute Gasteiger partial charge is 0.220 e. The van der Waals surface area contributed by atoms with Crippen molar-refractivity contribution < 1.29 is 14.7 Å². The highest BCUT2D eigenvalue weighted by Gasteiger charge is 2.22. The van der Waals surface area contributed by atoms with E-state index in [0.717, 1.165) is 84.3 Å². The third-order valence-corrected chi connectivity index (χ3v) is 13.7. The molecule has 0 spiro atoms. The van der Waals surface area contributed by atoms with Crippen molar-refractivity contribution in [1.29, 1.82) is 0 Å². The lowest BCUT2D eigenvalue weighted by Crippen LogP contribution is -2.42. The number of hydrogen-bond donors (Lipinski definition) is 3. The van der Waals surface area contributed by atoms with Crippen molar-refractivity contribution >= 4 is 11.8 Å². The van der Waals surface area contributed by atoms with E-state index in [1.807, 2.05) is 0 Å². The first-order valence-electron chi connectivity index (χ1n) is 27.1. The molecule has 2 amide bonds. The zero-order chi connectivity index (χ0) is 43.6. The minimum Gasteiger partial charge on any atom is -0.395 e. The van der Waals surface area contributed by atoms with Gasteiger partial charge < -0.3 is 20.6 Å². The van der Waals surface area contributed by atoms with Crippen molar-refractivity contribution in [2.24, 2.45) is 11.8 Å². The molecule has 0 heterocycles. The summed E-state index contributed by atoms with van der Waals surface area (Å²) in [6.07, 6.45) is 44.4. The minimum atomic E-state index is 0.241. The third kappa shape index (κ3) is 34.3. The van der Waals surface area contributed by atoms with Crippen LogP contribution in [0.3, 0.4) is 0 Å². The highest BCUT2D eigenvalue weighted by atomic mass is 16.3. The molecule has 0 aromatic carbocycles. The molecule has 3 N–H and O–H groups in total. The summed E-state index contributed by atoms with van der Waals surface area (Å²) < 4.78 is 0. The zero-order valence-corrected chi connectivity index (χ0v) is 41.0. The standard InChI is InChI=1S/C53H106N4O3/c1-5-9-13-17-19-25-35-49(33-23-15-11-7-3)47-52(59)54-39-29-21-31-41-56(43-44-57(45-46-58)51-37-27-28-38-51)42-32-22-30-40-55-53(60)48-50(34-24-16-12-8-4)36-26-20-18-14-10-6-2/h49-51,58H,5-48H2,1-4H3,(H,54,59)(H,55,60). The number of nitrogens with zero attached hydrogens (tertiary/aromatic N) is 2. The second-order valence-electron chi connectivity index (χ2n) is 19.3. The quantitative estimate of drug-likeness (QED) is 0.0532. The number of nitrogens with one attached hydrogen (secondary N) is 2. The molecule has 7 heteroatoms. The van der Waals surface area contributed by atoms with Crippen molar-refractivity contribution in [1.82, 2.24) is 20.4 Å². The summed E-state index contributed by atoms with van der Waals surface area (Å²) in [5.74, 6) is 1.63. The summed E-state index contributed by atoms with van der Waals surface area (Å²) >= 11 is 0. The van der Waals surface area contributed by atoms with Crippen LogP contribution in [0, 0.1) is 11.8 Å². The number of aliphatic hydroxyl groups is 1. The number of carbonyl (C=O) groups excluding carboxylic acids is 2. The Kier molecular flexibility index (Phi) is 40.8. The summed E-state index contributed by atoms with van der Waals surface area (Å²) in [6, 6.07) is 0.634. The van der Waals surface area contributed by atoms with E-state index in [2.05, 4.69) is 48.1 Å². The molecule has 1 fully saturated rings. The zero-order valence-electron chi connectivity index (χ0n) is 41.0. The Bertz CT molecular complexity index is 870. The van der Waals surface area contributed by atoms with Gasteiger partial charge in [0.2, 0.25) is 11.8 Å². The van der Waals surface area contributed by atoms with Crippen molar-refractivity contribution in [3.05, 3.63) is 0 Å². The van der Waals surface area contributed by atoms with E-state index in [9.17, 15) is 14.7 Å². The Labute approximate surface area is 374 Å². The van der Waals surface area contributed by atoms with E-state index >= 15 is 0 Å². The maximum Gasteiger partial charge on any atom is 0.220 e. The van der Waals surface area contributed by atoms with Gasteiger partial charge >= 0.3 is 0 Å². The molecule has 1 aliphatic carbocycles. The normalized spacial score (nSPS) is 14.4. The van der Waals surface area contributed by atoms with Gasteiger partial charge in [-0.15, -0.1) is 0 Å². The highest BCUT2D eigenvalue weighted by molar-refractivity contribution is 5.76. The molecular weight excluding hydrogens is 741 g/mol. The van der Waals surface area contributed by atoms with Crippen molar-refractivity contribution in [3.63, 3.8) is 0 Å². The van der Waals surface area contributed by atoms with Crippen molar-refractivity contribution in [2.45, 2.75) is 265 Å². The maximum atomic E-state index is 13.0. The van der Waals surface area contributed by atoms with Crippen molar-refractivity contribution in [3.8, 4) is 0 Å². The molecule has 1 rings (SSSR count). The van der Waals surface area contributed by atoms with Crippen LogP contribution in [0.15, 0.2) is 0 Å². The van der Waals surface area contributed by atoms with Gasteiger partial charge in [-0.05, 0) is 89.1 Å². The van der Waals surface area contributed by atoms with Gasteiger partial charge in [-0.2, -0.15) is 0 Å². The summed E-state index contributed by atoms with van der Waals surface area (Å²) in [5, 5.41) is 16.4. The van der Waals surface area contributed by atoms with E-state index in [4.69, 9.17) is 0 Å². The van der Waals surface area contributed by atoms with Crippen LogP contribution in [0.4, 0.5) is 0 Å². The predicted molar refractivity (Wildman–Crippen MR) is 261 cm³/mol. The van der Waals surface area contributed by atoms with E-state index in [-0.39, 0.29) is 18.4 Å². The summed E-state index contributed by atoms with van der Waals surface area (Å²) in [7, 11) is 0. The molecule has 0 aliphatic heterocycles. The molecule has 2 atom stereocenters. The number of carbonyl (C=O) groups is 2. The Morgan fingerprint density at radius 1 is 0.467 bits per heavy atom. The van der Waals surface area contributed by atoms with Gasteiger partial charge in [0.15, 0.2) is 0 Å². The van der Waals surface area contributed by atoms with Gasteiger partial charge in [-0.1, -0.05) is 182 Å². The van der Waals surface area contributed by atoms with Gasteiger partial charge in [0.05, 0.1) is 6.61 Å². The molecular formula is C53H106N4O3. The Morgan fingerprint density at radius 2 is 0.833 bits per heavy atom. The fourth-order valence-corrected chi connectivity index (χ4v) is 9.72. The highest BCUT2D eigenvalue weighted by Crippen LogP contribution is 2.25. The van der Waals surface area contributed by atoms with Crippen LogP contribution in [-0.4, -0.2) is 85.2 Å². The molecule has 0 radical (unpaired) electrons. The van der Waals surface area contributed by atoms with Crippen LogP contribution in [0.1, 0.15) is 259 Å². The molecule has 2 unspecified atom stereocenters. The summed E-state index contributed by atoms with van der Waals surface area (Å²) in [6.45, 7) is 16.0. The molecule has 0 bridgehead atoms. The number of aliphatic hydroxyl groups excluding tert-OH is 1. The minimum absolute atomic E-state index is 0.241. The summed E-state index contributed by atoms with van der Waals surface area (Å²) in [4.78, 5) is 31.2. The predicted octanol–water partition coefficient (Wildman–Crippen LogP) is 13.6. The van der Waals surface area contributed by atoms with E-state index in [1.165, 1.54) is 180 Å². The number of unbranched alkanes of at least 4 members (excludes halogenated alkanes) is 20. The van der Waals surface area contributed by atoms with Crippen LogP contribution < -0.4 is 10.6 Å². The number of hydrogen-bond acceptors (Lipinski definition) is 5. The second kappa shape index (κ2) is 43.1. The number of rotatable bonds is 46. The Balaban J connectivity index is 2.50. The molecule has 356 valence electrons. The largest absolute Gasteiger partial charge is 0.395 e. The lowest BCUT2D eigenvalue weighted by molar-refractivity contribution is -0.123. The average molecular weight is 847 g/mol. The van der Waals surface area contributed by atoms with E-state index in [1.54, 1.807) is 0 Å². The molecule has 0 aromatic heterocycles. The van der Waals surface area contributed by atoms with Gasteiger partial charge in [0.1, 0.15) is 0 Å².